The third kappa shape index (κ3) is 3.28. The van der Waals surface area contributed by atoms with Crippen molar-refractivity contribution in [2.45, 2.75) is 33.1 Å². The number of ether oxygens (including phenoxy) is 1. The molecule has 2 aromatic carbocycles. The van der Waals surface area contributed by atoms with Gasteiger partial charge in [0.05, 0.1) is 19.1 Å². The third-order valence-corrected chi connectivity index (χ3v) is 3.91. The maximum Gasteiger partial charge on any atom is 0.123 e. The Hall–Kier alpha value is -2.34. The summed E-state index contributed by atoms with van der Waals surface area (Å²) in [4.78, 5) is 0. The van der Waals surface area contributed by atoms with E-state index in [1.165, 1.54) is 17.7 Å². The van der Waals surface area contributed by atoms with Crippen molar-refractivity contribution in [1.82, 2.24) is 0 Å². The van der Waals surface area contributed by atoms with Gasteiger partial charge >= 0.3 is 0 Å². The Morgan fingerprint density at radius 1 is 1.14 bits per heavy atom. The van der Waals surface area contributed by atoms with Crippen LogP contribution >= 0.6 is 0 Å². The average molecular weight is 297 g/mol. The number of benzene rings is 2. The van der Waals surface area contributed by atoms with Crippen LogP contribution < -0.4 is 4.74 Å². The molecule has 2 nitrogen and oxygen atoms in total. The molecule has 1 unspecified atom stereocenters. The van der Waals surface area contributed by atoms with Crippen LogP contribution in [0.2, 0.25) is 0 Å². The molecule has 3 heteroatoms. The zero-order chi connectivity index (χ0) is 16.3. The normalized spacial score (nSPS) is 11.8. The predicted molar refractivity (Wildman–Crippen MR) is 85.7 cm³/mol. The standard InChI is InChI=1S/C19H20FNO/c1-12-7-13(2)19(14(3)8-12)16(11-21)9-15-10-17(20)5-6-18(15)22-4/h5-8,10,16H,9H2,1-4H3. The molecule has 0 saturated heterocycles. The largest absolute Gasteiger partial charge is 0.496 e. The molecule has 0 aliphatic rings. The van der Waals surface area contributed by atoms with Crippen LogP contribution in [0.1, 0.15) is 33.7 Å². The highest BCUT2D eigenvalue weighted by atomic mass is 19.1. The lowest BCUT2D eigenvalue weighted by Gasteiger charge is -2.18. The molecule has 0 N–H and O–H groups in total. The van der Waals surface area contributed by atoms with Crippen molar-refractivity contribution in [2.24, 2.45) is 0 Å². The van der Waals surface area contributed by atoms with E-state index in [4.69, 9.17) is 4.74 Å². The first-order chi connectivity index (χ1) is 10.5. The van der Waals surface area contributed by atoms with Crippen LogP contribution in [0.3, 0.4) is 0 Å². The van der Waals surface area contributed by atoms with E-state index < -0.39 is 0 Å². The van der Waals surface area contributed by atoms with Crippen LogP contribution in [0, 0.1) is 37.9 Å². The average Bonchev–Trinajstić information content (AvgIpc) is 2.45. The Kier molecular flexibility index (Phi) is 4.82. The summed E-state index contributed by atoms with van der Waals surface area (Å²) in [6.07, 6.45) is 0.433. The highest BCUT2D eigenvalue weighted by Crippen LogP contribution is 2.31. The first-order valence-electron chi connectivity index (χ1n) is 7.26. The molecule has 1 atom stereocenters. The number of halogens is 1. The van der Waals surface area contributed by atoms with Crippen molar-refractivity contribution in [1.29, 1.82) is 5.26 Å². The maximum atomic E-state index is 13.5. The lowest BCUT2D eigenvalue weighted by atomic mass is 9.86. The van der Waals surface area contributed by atoms with Gasteiger partial charge < -0.3 is 4.74 Å². The van der Waals surface area contributed by atoms with Crippen LogP contribution in [0.4, 0.5) is 4.39 Å². The van der Waals surface area contributed by atoms with E-state index in [-0.39, 0.29) is 11.7 Å². The number of aryl methyl sites for hydroxylation is 3. The Morgan fingerprint density at radius 3 is 2.32 bits per heavy atom. The molecule has 0 fully saturated rings. The number of nitriles is 1. The number of hydrogen-bond donors (Lipinski definition) is 0. The van der Waals surface area contributed by atoms with E-state index in [9.17, 15) is 9.65 Å². The number of nitrogens with zero attached hydrogens (tertiary/aromatic N) is 1. The summed E-state index contributed by atoms with van der Waals surface area (Å²) in [5.41, 5.74) is 5.12. The van der Waals surface area contributed by atoms with Crippen LogP contribution in [-0.4, -0.2) is 7.11 Å². The zero-order valence-corrected chi connectivity index (χ0v) is 13.4. The monoisotopic (exact) mass is 297 g/mol. The van der Waals surface area contributed by atoms with Crippen LogP contribution in [0.5, 0.6) is 5.75 Å². The molecule has 0 aliphatic carbocycles. The molecular weight excluding hydrogens is 277 g/mol. The molecule has 0 heterocycles. The van der Waals surface area contributed by atoms with E-state index in [0.717, 1.165) is 16.7 Å². The molecule has 0 aromatic heterocycles. The molecule has 2 rings (SSSR count). The molecular formula is C19H20FNO. The van der Waals surface area contributed by atoms with E-state index in [1.807, 2.05) is 20.8 Å². The van der Waals surface area contributed by atoms with Crippen molar-refractivity contribution in [3.63, 3.8) is 0 Å². The van der Waals surface area contributed by atoms with E-state index in [2.05, 4.69) is 18.2 Å². The molecule has 2 aromatic rings. The topological polar surface area (TPSA) is 33.0 Å². The summed E-state index contributed by atoms with van der Waals surface area (Å²) in [5.74, 6) is -0.0230. The summed E-state index contributed by atoms with van der Waals surface area (Å²) in [7, 11) is 1.56. The molecule has 0 radical (unpaired) electrons. The summed E-state index contributed by atoms with van der Waals surface area (Å²) in [6, 6.07) is 10.9. The summed E-state index contributed by atoms with van der Waals surface area (Å²) in [6.45, 7) is 6.08. The fraction of sp³-hybridized carbons (Fsp3) is 0.316. The van der Waals surface area contributed by atoms with Gasteiger partial charge in [0.1, 0.15) is 11.6 Å². The van der Waals surface area contributed by atoms with Crippen molar-refractivity contribution in [3.8, 4) is 11.8 Å². The lowest BCUT2D eigenvalue weighted by molar-refractivity contribution is 0.407. The van der Waals surface area contributed by atoms with Gasteiger partial charge in [-0.15, -0.1) is 0 Å². The fourth-order valence-electron chi connectivity index (χ4n) is 3.08. The SMILES string of the molecule is COc1ccc(F)cc1CC(C#N)c1c(C)cc(C)cc1C. The predicted octanol–water partition coefficient (Wildman–Crippen LogP) is 4.61. The molecule has 0 spiro atoms. The quantitative estimate of drug-likeness (QED) is 0.825. The molecule has 0 aliphatic heterocycles. The van der Waals surface area contributed by atoms with Crippen LogP contribution in [0.15, 0.2) is 30.3 Å². The van der Waals surface area contributed by atoms with Crippen molar-refractivity contribution in [2.75, 3.05) is 7.11 Å². The number of rotatable bonds is 4. The van der Waals surface area contributed by atoms with Crippen molar-refractivity contribution < 1.29 is 9.13 Å². The Bertz CT molecular complexity index is 708. The van der Waals surface area contributed by atoms with Crippen molar-refractivity contribution in [3.05, 3.63) is 64.0 Å². The Balaban J connectivity index is 2.43. The third-order valence-electron chi connectivity index (χ3n) is 3.91. The minimum atomic E-state index is -0.323. The lowest BCUT2D eigenvalue weighted by Crippen LogP contribution is -2.07. The van der Waals surface area contributed by atoms with Gasteiger partial charge in [-0.05, 0) is 67.6 Å². The van der Waals surface area contributed by atoms with E-state index in [1.54, 1.807) is 13.2 Å². The zero-order valence-electron chi connectivity index (χ0n) is 13.4. The van der Waals surface area contributed by atoms with Crippen LogP contribution in [-0.2, 0) is 6.42 Å². The molecule has 22 heavy (non-hydrogen) atoms. The van der Waals surface area contributed by atoms with Crippen molar-refractivity contribution >= 4 is 0 Å². The van der Waals surface area contributed by atoms with Gasteiger partial charge in [0.15, 0.2) is 0 Å². The van der Waals surface area contributed by atoms with Gasteiger partial charge in [-0.2, -0.15) is 5.26 Å². The first-order valence-corrected chi connectivity index (χ1v) is 7.26. The second-order valence-corrected chi connectivity index (χ2v) is 5.65. The summed E-state index contributed by atoms with van der Waals surface area (Å²) < 4.78 is 18.8. The van der Waals surface area contributed by atoms with Gasteiger partial charge in [0, 0.05) is 0 Å². The number of hydrogen-bond acceptors (Lipinski definition) is 2. The second-order valence-electron chi connectivity index (χ2n) is 5.65. The first kappa shape index (κ1) is 16.0. The van der Waals surface area contributed by atoms with Gasteiger partial charge in [-0.25, -0.2) is 4.39 Å². The minimum absolute atomic E-state index is 0.315. The van der Waals surface area contributed by atoms with Gasteiger partial charge in [-0.3, -0.25) is 0 Å². The Morgan fingerprint density at radius 2 is 1.77 bits per heavy atom. The summed E-state index contributed by atoms with van der Waals surface area (Å²) >= 11 is 0. The van der Waals surface area contributed by atoms with Gasteiger partial charge in [0.25, 0.3) is 0 Å². The molecule has 0 bridgehead atoms. The number of methoxy groups -OCH3 is 1. The minimum Gasteiger partial charge on any atom is -0.496 e. The van der Waals surface area contributed by atoms with Crippen LogP contribution in [0.25, 0.3) is 0 Å². The molecule has 114 valence electrons. The highest BCUT2D eigenvalue weighted by Gasteiger charge is 2.19. The highest BCUT2D eigenvalue weighted by molar-refractivity contribution is 5.44. The maximum absolute atomic E-state index is 13.5. The fourth-order valence-corrected chi connectivity index (χ4v) is 3.08. The van der Waals surface area contributed by atoms with E-state index in [0.29, 0.717) is 17.7 Å². The summed E-state index contributed by atoms with van der Waals surface area (Å²) in [5, 5.41) is 9.61. The second kappa shape index (κ2) is 6.62. The smallest absolute Gasteiger partial charge is 0.123 e. The van der Waals surface area contributed by atoms with Gasteiger partial charge in [-0.1, -0.05) is 17.7 Å². The van der Waals surface area contributed by atoms with E-state index >= 15 is 0 Å². The molecule has 0 saturated carbocycles. The van der Waals surface area contributed by atoms with Gasteiger partial charge in [0.2, 0.25) is 0 Å². The molecule has 0 amide bonds. The Labute approximate surface area is 131 Å².